The number of thiophene rings is 1. The summed E-state index contributed by atoms with van der Waals surface area (Å²) in [6, 6.07) is 78.4. The first-order chi connectivity index (χ1) is 40.2. The van der Waals surface area contributed by atoms with Crippen LogP contribution in [-0.2, 0) is 32.5 Å². The molecule has 0 fully saturated rings. The molecule has 4 heteroatoms. The van der Waals surface area contributed by atoms with Crippen molar-refractivity contribution in [1.82, 2.24) is 0 Å². The van der Waals surface area contributed by atoms with Gasteiger partial charge in [0, 0.05) is 75.8 Å². The van der Waals surface area contributed by atoms with Crippen molar-refractivity contribution in [2.75, 3.05) is 9.80 Å². The number of hydrogen-bond acceptors (Lipinski definition) is 3. The molecule has 0 amide bonds. The Kier molecular flexibility index (Phi) is 10.7. The molecule has 0 bridgehead atoms. The third-order valence-corrected chi connectivity index (χ3v) is 22.7. The maximum absolute atomic E-state index is 2.71. The van der Waals surface area contributed by atoms with E-state index in [1.807, 2.05) is 11.3 Å². The molecule has 84 heavy (non-hydrogen) atoms. The average molecular weight is 1110 g/mol. The average Bonchev–Trinajstić information content (AvgIpc) is 3.51. The van der Waals surface area contributed by atoms with E-state index in [1.54, 1.807) is 0 Å². The highest BCUT2D eigenvalue weighted by atomic mass is 32.1. The topological polar surface area (TPSA) is 6.48 Å². The predicted molar refractivity (Wildman–Crippen MR) is 361 cm³/mol. The zero-order valence-electron chi connectivity index (χ0n) is 50.8. The summed E-state index contributed by atoms with van der Waals surface area (Å²) in [5.74, 6) is 0. The molecule has 0 radical (unpaired) electrons. The van der Waals surface area contributed by atoms with Gasteiger partial charge >= 0.3 is 0 Å². The summed E-state index contributed by atoms with van der Waals surface area (Å²) in [7, 11) is 0. The summed E-state index contributed by atoms with van der Waals surface area (Å²) in [4.78, 5) is 5.40. The molecule has 0 saturated carbocycles. The number of benzene rings is 10. The molecule has 5 aliphatic rings. The van der Waals surface area contributed by atoms with E-state index in [4.69, 9.17) is 0 Å². The summed E-state index contributed by atoms with van der Waals surface area (Å²) < 4.78 is 2.73. The third kappa shape index (κ3) is 7.04. The summed E-state index contributed by atoms with van der Waals surface area (Å²) in [6.07, 6.45) is 2.37. The Labute approximate surface area is 502 Å². The molecule has 1 aromatic heterocycles. The predicted octanol–water partition coefficient (Wildman–Crippen LogP) is 19.8. The maximum atomic E-state index is 2.71. The van der Waals surface area contributed by atoms with Crippen LogP contribution in [0.1, 0.15) is 152 Å². The van der Waals surface area contributed by atoms with Gasteiger partial charge in [0.05, 0.1) is 5.69 Å². The smallest absolute Gasteiger partial charge is 0.252 e. The van der Waals surface area contributed by atoms with Gasteiger partial charge < -0.3 is 9.80 Å². The van der Waals surface area contributed by atoms with Crippen LogP contribution in [0.4, 0.5) is 34.1 Å². The third-order valence-electron chi connectivity index (χ3n) is 21.6. The molecular weight excluding hydrogens is 1030 g/mol. The van der Waals surface area contributed by atoms with E-state index < -0.39 is 0 Å². The number of rotatable bonds is 4. The highest BCUT2D eigenvalue weighted by Gasteiger charge is 2.50. The molecule has 412 valence electrons. The van der Waals surface area contributed by atoms with Crippen molar-refractivity contribution in [3.63, 3.8) is 0 Å². The van der Waals surface area contributed by atoms with Gasteiger partial charge in [-0.15, -0.1) is 11.3 Å². The second kappa shape index (κ2) is 17.4. The van der Waals surface area contributed by atoms with E-state index in [2.05, 4.69) is 293 Å². The lowest BCUT2D eigenvalue weighted by atomic mass is 9.33. The number of nitrogens with zero attached hydrogens (tertiary/aromatic N) is 2. The second-order valence-electron chi connectivity index (χ2n) is 28.7. The number of para-hydroxylation sites is 1. The molecule has 0 N–H and O–H groups in total. The first kappa shape index (κ1) is 51.7. The molecule has 0 unspecified atom stereocenters. The van der Waals surface area contributed by atoms with Gasteiger partial charge in [0.25, 0.3) is 6.71 Å². The van der Waals surface area contributed by atoms with E-state index in [0.29, 0.717) is 0 Å². The van der Waals surface area contributed by atoms with Crippen LogP contribution in [0.3, 0.4) is 0 Å². The van der Waals surface area contributed by atoms with Crippen LogP contribution in [0.25, 0.3) is 42.4 Å². The van der Waals surface area contributed by atoms with Crippen LogP contribution in [-0.4, -0.2) is 6.71 Å². The van der Waals surface area contributed by atoms with Crippen molar-refractivity contribution in [2.24, 2.45) is 0 Å². The maximum Gasteiger partial charge on any atom is 0.252 e. The van der Waals surface area contributed by atoms with Crippen molar-refractivity contribution in [3.05, 3.63) is 256 Å². The van der Waals surface area contributed by atoms with Crippen LogP contribution in [0.2, 0.25) is 0 Å². The molecule has 3 aliphatic carbocycles. The fraction of sp³-hybridized carbons (Fsp3) is 0.250. The SMILES string of the molecule is CC1(C)CCC(C)(C)c2cc3c(cc21)sc1cc2c(cc13)N(c1ccccc1-c1ccccc1)c1cc(-c3ccccc3)cc3c1B2c1cc2c(cc1N3c1ccc3c(c1)C(C)(C)c1ccccc1C3(C)C)C(C)(C)c1ccccc1C2(C)C. The van der Waals surface area contributed by atoms with Crippen LogP contribution < -0.4 is 26.2 Å². The van der Waals surface area contributed by atoms with Crippen molar-refractivity contribution in [2.45, 2.75) is 128 Å². The van der Waals surface area contributed by atoms with Gasteiger partial charge in [-0.05, 0) is 173 Å². The standard InChI is InChI=1S/C80H73BN2S/c1-75(2)37-38-76(3,4)61-46-72-53(42-60(61)75)54-43-68-66(47-73(54)84-72)81-65-44-63-64(80(11,12)58-33-23-22-32-57(58)79(63,9)10)45-69(65)82(51-35-36-59-62(41-51)78(7,8)56-31-21-20-30-55(56)77(59,5)6)70-39-50(48-25-15-13-16-26-48)40-71(74(70)81)83(68)67-34-24-19-29-52(67)49-27-17-14-18-28-49/h13-36,39-47H,37-38H2,1-12H3. The number of fused-ring (bicyclic) bond motifs is 12. The summed E-state index contributed by atoms with van der Waals surface area (Å²) in [5.41, 5.74) is 29.7. The first-order valence-electron chi connectivity index (χ1n) is 30.7. The van der Waals surface area contributed by atoms with Crippen molar-refractivity contribution in [1.29, 1.82) is 0 Å². The highest BCUT2D eigenvalue weighted by Crippen LogP contribution is 2.57. The lowest BCUT2D eigenvalue weighted by Gasteiger charge is -2.48. The van der Waals surface area contributed by atoms with E-state index in [-0.39, 0.29) is 39.2 Å². The number of hydrogen-bond donors (Lipinski definition) is 0. The second-order valence-corrected chi connectivity index (χ2v) is 29.8. The fourth-order valence-electron chi connectivity index (χ4n) is 16.7. The van der Waals surface area contributed by atoms with Gasteiger partial charge in [-0.1, -0.05) is 223 Å². The van der Waals surface area contributed by atoms with Crippen LogP contribution in [0.5, 0.6) is 0 Å². The largest absolute Gasteiger partial charge is 0.311 e. The first-order valence-corrected chi connectivity index (χ1v) is 31.5. The van der Waals surface area contributed by atoms with Gasteiger partial charge in [-0.25, -0.2) is 0 Å². The van der Waals surface area contributed by atoms with Gasteiger partial charge in [-0.3, -0.25) is 0 Å². The summed E-state index contributed by atoms with van der Waals surface area (Å²) >= 11 is 1.99. The fourth-order valence-corrected chi connectivity index (χ4v) is 17.9. The molecule has 2 aliphatic heterocycles. The monoisotopic (exact) mass is 1100 g/mol. The highest BCUT2D eigenvalue weighted by molar-refractivity contribution is 7.26. The minimum Gasteiger partial charge on any atom is -0.311 e. The summed E-state index contributed by atoms with van der Waals surface area (Å²) in [6.45, 7) is 29.4. The minimum atomic E-state index is -0.265. The quantitative estimate of drug-likeness (QED) is 0.162. The Morgan fingerprint density at radius 2 is 0.774 bits per heavy atom. The van der Waals surface area contributed by atoms with E-state index in [9.17, 15) is 0 Å². The Morgan fingerprint density at radius 3 is 1.39 bits per heavy atom. The zero-order valence-corrected chi connectivity index (χ0v) is 51.7. The van der Waals surface area contributed by atoms with E-state index in [1.165, 1.54) is 161 Å². The van der Waals surface area contributed by atoms with Crippen LogP contribution in [0.15, 0.2) is 200 Å². The molecule has 2 nitrogen and oxygen atoms in total. The van der Waals surface area contributed by atoms with Gasteiger partial charge in [0.1, 0.15) is 0 Å². The normalized spacial score (nSPS) is 18.2. The lowest BCUT2D eigenvalue weighted by molar-refractivity contribution is 0.332. The van der Waals surface area contributed by atoms with Crippen LogP contribution in [0, 0.1) is 0 Å². The van der Waals surface area contributed by atoms with Gasteiger partial charge in [0.2, 0.25) is 0 Å². The number of anilines is 6. The minimum absolute atomic E-state index is 0.0829. The molecular formula is C80H73BN2S. The summed E-state index contributed by atoms with van der Waals surface area (Å²) in [5, 5.41) is 2.71. The van der Waals surface area contributed by atoms with E-state index in [0.717, 1.165) is 0 Å². The van der Waals surface area contributed by atoms with Crippen LogP contribution >= 0.6 is 11.3 Å². The van der Waals surface area contributed by atoms with Gasteiger partial charge in [-0.2, -0.15) is 0 Å². The molecule has 11 aromatic rings. The molecule has 0 saturated heterocycles. The molecule has 0 spiro atoms. The van der Waals surface area contributed by atoms with Crippen molar-refractivity contribution >= 4 is 88.7 Å². The van der Waals surface area contributed by atoms with Crippen molar-refractivity contribution < 1.29 is 0 Å². The Bertz CT molecular complexity index is 4630. The Balaban J connectivity index is 1.06. The Morgan fingerprint density at radius 1 is 0.321 bits per heavy atom. The molecule has 3 heterocycles. The lowest BCUT2D eigenvalue weighted by Crippen LogP contribution is -2.62. The molecule has 16 rings (SSSR count). The zero-order chi connectivity index (χ0) is 57.8. The Hall–Kier alpha value is -7.92. The van der Waals surface area contributed by atoms with Gasteiger partial charge in [0.15, 0.2) is 0 Å². The van der Waals surface area contributed by atoms with E-state index >= 15 is 0 Å². The molecule has 10 aromatic carbocycles. The molecule has 0 atom stereocenters. The van der Waals surface area contributed by atoms with Crippen molar-refractivity contribution in [3.8, 4) is 22.3 Å².